The number of halogens is 1. The lowest BCUT2D eigenvalue weighted by molar-refractivity contribution is -0.0651. The predicted molar refractivity (Wildman–Crippen MR) is 74.5 cm³/mol. The van der Waals surface area contributed by atoms with Crippen molar-refractivity contribution in [2.45, 2.75) is 5.25 Å². The molecule has 0 fully saturated rings. The molecule has 0 saturated heterocycles. The van der Waals surface area contributed by atoms with Crippen LogP contribution in [-0.2, 0) is 14.2 Å². The molecule has 0 amide bonds. The van der Waals surface area contributed by atoms with Gasteiger partial charge in [0.2, 0.25) is 0 Å². The largest absolute Gasteiger partial charge is 0.382 e. The lowest BCUT2D eigenvalue weighted by atomic mass is 10.1. The average Bonchev–Trinajstić information content (AvgIpc) is 2.34. The standard InChI is InChI=1S/C12H17BrO3S/c1-14-6-7-15-9-16-8-12(17)10-2-4-11(13)5-3-10/h2-5,12,17H,6-9H2,1H3. The van der Waals surface area contributed by atoms with Gasteiger partial charge in [-0.3, -0.25) is 0 Å². The number of benzene rings is 1. The number of methoxy groups -OCH3 is 1. The van der Waals surface area contributed by atoms with Gasteiger partial charge in [-0.25, -0.2) is 0 Å². The van der Waals surface area contributed by atoms with E-state index in [1.165, 1.54) is 0 Å². The van der Waals surface area contributed by atoms with Crippen molar-refractivity contribution in [3.8, 4) is 0 Å². The summed E-state index contributed by atoms with van der Waals surface area (Å²) >= 11 is 7.87. The van der Waals surface area contributed by atoms with Gasteiger partial charge in [-0.1, -0.05) is 28.1 Å². The van der Waals surface area contributed by atoms with Gasteiger partial charge in [0, 0.05) is 11.6 Å². The second kappa shape index (κ2) is 8.94. The summed E-state index contributed by atoms with van der Waals surface area (Å²) < 4.78 is 16.5. The molecule has 1 unspecified atom stereocenters. The Morgan fingerprint density at radius 3 is 2.53 bits per heavy atom. The first-order chi connectivity index (χ1) is 8.24. The van der Waals surface area contributed by atoms with Crippen LogP contribution in [0.25, 0.3) is 0 Å². The van der Waals surface area contributed by atoms with Crippen molar-refractivity contribution < 1.29 is 14.2 Å². The summed E-state index contributed by atoms with van der Waals surface area (Å²) in [7, 11) is 1.64. The molecule has 1 aromatic carbocycles. The van der Waals surface area contributed by atoms with Gasteiger partial charge in [0.25, 0.3) is 0 Å². The number of hydrogen-bond donors (Lipinski definition) is 1. The maximum atomic E-state index is 5.36. The Morgan fingerprint density at radius 1 is 1.18 bits per heavy atom. The van der Waals surface area contributed by atoms with Crippen molar-refractivity contribution in [3.63, 3.8) is 0 Å². The molecule has 0 spiro atoms. The van der Waals surface area contributed by atoms with Crippen LogP contribution in [0.4, 0.5) is 0 Å². The van der Waals surface area contributed by atoms with Gasteiger partial charge in [-0.15, -0.1) is 0 Å². The van der Waals surface area contributed by atoms with E-state index >= 15 is 0 Å². The van der Waals surface area contributed by atoms with Crippen LogP contribution >= 0.6 is 28.6 Å². The van der Waals surface area contributed by atoms with E-state index in [1.54, 1.807) is 7.11 Å². The fourth-order valence-electron chi connectivity index (χ4n) is 1.20. The molecule has 1 aromatic rings. The molecule has 1 atom stereocenters. The van der Waals surface area contributed by atoms with Crippen LogP contribution in [-0.4, -0.2) is 33.7 Å². The van der Waals surface area contributed by atoms with Crippen LogP contribution in [0, 0.1) is 0 Å². The van der Waals surface area contributed by atoms with Gasteiger partial charge in [0.15, 0.2) is 0 Å². The Morgan fingerprint density at radius 2 is 1.88 bits per heavy atom. The highest BCUT2D eigenvalue weighted by molar-refractivity contribution is 9.10. The number of thiol groups is 1. The van der Waals surface area contributed by atoms with Crippen LogP contribution in [0.15, 0.2) is 28.7 Å². The molecule has 5 heteroatoms. The molecule has 17 heavy (non-hydrogen) atoms. The summed E-state index contributed by atoms with van der Waals surface area (Å²) in [4.78, 5) is 0. The maximum Gasteiger partial charge on any atom is 0.146 e. The summed E-state index contributed by atoms with van der Waals surface area (Å²) in [6.07, 6.45) is 0. The summed E-state index contributed by atoms with van der Waals surface area (Å²) in [5.74, 6) is 0. The van der Waals surface area contributed by atoms with Crippen LogP contribution in [0.1, 0.15) is 10.8 Å². The first-order valence-corrected chi connectivity index (χ1v) is 6.63. The van der Waals surface area contributed by atoms with E-state index in [2.05, 4.69) is 28.6 Å². The molecule has 0 bridgehead atoms. The van der Waals surface area contributed by atoms with Gasteiger partial charge in [0.05, 0.1) is 25.1 Å². The normalized spacial score (nSPS) is 12.6. The minimum Gasteiger partial charge on any atom is -0.382 e. The Bertz CT molecular complexity index is 305. The summed E-state index contributed by atoms with van der Waals surface area (Å²) in [5, 5.41) is 0.0640. The highest BCUT2D eigenvalue weighted by Gasteiger charge is 2.06. The molecule has 96 valence electrons. The molecule has 0 aliphatic carbocycles. The zero-order valence-corrected chi connectivity index (χ0v) is 12.2. The van der Waals surface area contributed by atoms with E-state index in [-0.39, 0.29) is 12.0 Å². The minimum atomic E-state index is 0.0640. The van der Waals surface area contributed by atoms with E-state index in [0.29, 0.717) is 19.8 Å². The molecule has 0 saturated carbocycles. The van der Waals surface area contributed by atoms with Crippen molar-refractivity contribution in [2.24, 2.45) is 0 Å². The zero-order valence-electron chi connectivity index (χ0n) is 9.77. The minimum absolute atomic E-state index is 0.0640. The topological polar surface area (TPSA) is 27.7 Å². The molecule has 1 rings (SSSR count). The van der Waals surface area contributed by atoms with Crippen LogP contribution < -0.4 is 0 Å². The Balaban J connectivity index is 2.16. The van der Waals surface area contributed by atoms with Crippen LogP contribution in [0.5, 0.6) is 0 Å². The second-order valence-corrected chi connectivity index (χ2v) is 5.00. The molecule has 0 aromatic heterocycles. The smallest absolute Gasteiger partial charge is 0.146 e. The lowest BCUT2D eigenvalue weighted by Crippen LogP contribution is -2.09. The molecule has 0 aliphatic rings. The second-order valence-electron chi connectivity index (χ2n) is 3.46. The third-order valence-corrected chi connectivity index (χ3v) is 3.10. The van der Waals surface area contributed by atoms with E-state index in [9.17, 15) is 0 Å². The van der Waals surface area contributed by atoms with Crippen LogP contribution in [0.2, 0.25) is 0 Å². The predicted octanol–water partition coefficient (Wildman–Crippen LogP) is 3.06. The molecule has 0 N–H and O–H groups in total. The van der Waals surface area contributed by atoms with E-state index in [1.807, 2.05) is 24.3 Å². The number of rotatable bonds is 8. The summed E-state index contributed by atoms with van der Waals surface area (Å²) in [6, 6.07) is 8.04. The van der Waals surface area contributed by atoms with Crippen molar-refractivity contribution in [2.75, 3.05) is 33.7 Å². The molecular formula is C12H17BrO3S. The highest BCUT2D eigenvalue weighted by atomic mass is 79.9. The van der Waals surface area contributed by atoms with Gasteiger partial charge in [-0.05, 0) is 17.7 Å². The fraction of sp³-hybridized carbons (Fsp3) is 0.500. The number of hydrogen-bond acceptors (Lipinski definition) is 4. The fourth-order valence-corrected chi connectivity index (χ4v) is 1.74. The monoisotopic (exact) mass is 320 g/mol. The van der Waals surface area contributed by atoms with Crippen molar-refractivity contribution >= 4 is 28.6 Å². The van der Waals surface area contributed by atoms with E-state index < -0.39 is 0 Å². The Kier molecular flexibility index (Phi) is 7.88. The molecule has 0 aliphatic heterocycles. The quantitative estimate of drug-likeness (QED) is 0.453. The van der Waals surface area contributed by atoms with Crippen LogP contribution in [0.3, 0.4) is 0 Å². The van der Waals surface area contributed by atoms with E-state index in [4.69, 9.17) is 14.2 Å². The van der Waals surface area contributed by atoms with Crippen molar-refractivity contribution in [1.82, 2.24) is 0 Å². The summed E-state index contributed by atoms with van der Waals surface area (Å²) in [5.41, 5.74) is 1.13. The van der Waals surface area contributed by atoms with Crippen molar-refractivity contribution in [3.05, 3.63) is 34.3 Å². The lowest BCUT2D eigenvalue weighted by Gasteiger charge is -2.12. The van der Waals surface area contributed by atoms with Gasteiger partial charge >= 0.3 is 0 Å². The molecular weight excluding hydrogens is 304 g/mol. The third-order valence-electron chi connectivity index (χ3n) is 2.13. The highest BCUT2D eigenvalue weighted by Crippen LogP contribution is 2.22. The zero-order chi connectivity index (χ0) is 12.5. The molecule has 0 radical (unpaired) electrons. The first kappa shape index (κ1) is 15.0. The van der Waals surface area contributed by atoms with Crippen molar-refractivity contribution in [1.29, 1.82) is 0 Å². The van der Waals surface area contributed by atoms with Gasteiger partial charge < -0.3 is 14.2 Å². The maximum absolute atomic E-state index is 5.36. The number of ether oxygens (including phenoxy) is 3. The SMILES string of the molecule is COCCOCOCC(S)c1ccc(Br)cc1. The molecule has 0 heterocycles. The first-order valence-electron chi connectivity index (χ1n) is 5.32. The van der Waals surface area contributed by atoms with E-state index in [0.717, 1.165) is 10.0 Å². The Labute approximate surface area is 116 Å². The third kappa shape index (κ3) is 6.43. The van der Waals surface area contributed by atoms with Gasteiger partial charge in [-0.2, -0.15) is 12.6 Å². The van der Waals surface area contributed by atoms with Gasteiger partial charge in [0.1, 0.15) is 6.79 Å². The Hall–Kier alpha value is -0.0700. The molecule has 3 nitrogen and oxygen atoms in total. The summed E-state index contributed by atoms with van der Waals surface area (Å²) in [6.45, 7) is 1.93. The average molecular weight is 321 g/mol.